The molecular weight excluding hydrogens is 248 g/mol. The summed E-state index contributed by atoms with van der Waals surface area (Å²) in [6, 6.07) is 12.9. The lowest BCUT2D eigenvalue weighted by atomic mass is 10.1. The van der Waals surface area contributed by atoms with Gasteiger partial charge in [-0.3, -0.25) is 0 Å². The highest BCUT2D eigenvalue weighted by molar-refractivity contribution is 6.30. The number of halogens is 1. The van der Waals surface area contributed by atoms with E-state index in [2.05, 4.69) is 0 Å². The fourth-order valence-corrected chi connectivity index (χ4v) is 1.79. The zero-order valence-corrected chi connectivity index (χ0v) is 11.1. The minimum atomic E-state index is -0.466. The van der Waals surface area contributed by atoms with Crippen LogP contribution in [0.15, 0.2) is 42.5 Å². The average molecular weight is 263 g/mol. The predicted molar refractivity (Wildman–Crippen MR) is 73.3 cm³/mol. The molecule has 0 aromatic heterocycles. The molecule has 0 unspecified atom stereocenters. The van der Waals surface area contributed by atoms with Crippen LogP contribution in [0.1, 0.15) is 24.2 Å². The molecule has 94 valence electrons. The topological polar surface area (TPSA) is 29.5 Å². The zero-order valence-electron chi connectivity index (χ0n) is 10.4. The van der Waals surface area contributed by atoms with E-state index in [1.54, 1.807) is 13.0 Å². The summed E-state index contributed by atoms with van der Waals surface area (Å²) in [6.07, 6.45) is -0.466. The van der Waals surface area contributed by atoms with Gasteiger partial charge in [-0.15, -0.1) is 0 Å². The van der Waals surface area contributed by atoms with Gasteiger partial charge in [0.1, 0.15) is 11.5 Å². The first-order chi connectivity index (χ1) is 8.56. The van der Waals surface area contributed by atoms with E-state index >= 15 is 0 Å². The summed E-state index contributed by atoms with van der Waals surface area (Å²) in [6.45, 7) is 3.70. The normalized spacial score (nSPS) is 12.2. The fourth-order valence-electron chi connectivity index (χ4n) is 1.63. The molecule has 0 saturated carbocycles. The van der Waals surface area contributed by atoms with Crippen LogP contribution < -0.4 is 4.74 Å². The molecule has 2 aromatic carbocycles. The number of hydrogen-bond donors (Lipinski definition) is 1. The third-order valence-electron chi connectivity index (χ3n) is 2.74. The number of aliphatic hydroxyl groups excluding tert-OH is 1. The van der Waals surface area contributed by atoms with E-state index in [-0.39, 0.29) is 0 Å². The van der Waals surface area contributed by atoms with E-state index in [1.165, 1.54) is 0 Å². The molecule has 2 aromatic rings. The van der Waals surface area contributed by atoms with Gasteiger partial charge in [0.2, 0.25) is 0 Å². The number of aliphatic hydroxyl groups is 1. The molecule has 2 nitrogen and oxygen atoms in total. The molecule has 0 bridgehead atoms. The Kier molecular flexibility index (Phi) is 3.90. The first kappa shape index (κ1) is 12.9. The third kappa shape index (κ3) is 3.03. The maximum absolute atomic E-state index is 9.43. The minimum absolute atomic E-state index is 0.466. The van der Waals surface area contributed by atoms with Crippen molar-refractivity contribution in [1.29, 1.82) is 0 Å². The number of ether oxygens (including phenoxy) is 1. The van der Waals surface area contributed by atoms with Gasteiger partial charge >= 0.3 is 0 Å². The summed E-state index contributed by atoms with van der Waals surface area (Å²) in [5.74, 6) is 1.47. The summed E-state index contributed by atoms with van der Waals surface area (Å²) >= 11 is 5.94. The molecule has 0 amide bonds. The Morgan fingerprint density at radius 3 is 2.39 bits per heavy atom. The molecule has 18 heavy (non-hydrogen) atoms. The Morgan fingerprint density at radius 2 is 1.78 bits per heavy atom. The van der Waals surface area contributed by atoms with Crippen LogP contribution in [0, 0.1) is 6.92 Å². The Hall–Kier alpha value is -1.51. The molecule has 0 fully saturated rings. The molecule has 0 aliphatic rings. The Morgan fingerprint density at radius 1 is 1.11 bits per heavy atom. The van der Waals surface area contributed by atoms with E-state index < -0.39 is 6.10 Å². The summed E-state index contributed by atoms with van der Waals surface area (Å²) < 4.78 is 5.76. The van der Waals surface area contributed by atoms with Crippen molar-refractivity contribution in [3.63, 3.8) is 0 Å². The average Bonchev–Trinajstić information content (AvgIpc) is 2.34. The molecule has 0 aliphatic carbocycles. The van der Waals surface area contributed by atoms with Crippen LogP contribution in [0.2, 0.25) is 5.02 Å². The number of aryl methyl sites for hydroxylation is 1. The summed E-state index contributed by atoms with van der Waals surface area (Å²) in [5, 5.41) is 10.1. The Balaban J connectivity index is 2.21. The van der Waals surface area contributed by atoms with Gasteiger partial charge < -0.3 is 9.84 Å². The van der Waals surface area contributed by atoms with E-state index in [0.717, 1.165) is 22.6 Å². The second-order valence-corrected chi connectivity index (χ2v) is 4.69. The highest BCUT2D eigenvalue weighted by Crippen LogP contribution is 2.28. The van der Waals surface area contributed by atoms with Crippen molar-refractivity contribution in [3.8, 4) is 11.5 Å². The highest BCUT2D eigenvalue weighted by atomic mass is 35.5. The summed E-state index contributed by atoms with van der Waals surface area (Å²) in [5.41, 5.74) is 1.89. The van der Waals surface area contributed by atoms with Gasteiger partial charge in [-0.1, -0.05) is 29.8 Å². The van der Waals surface area contributed by atoms with Gasteiger partial charge in [0, 0.05) is 5.02 Å². The van der Waals surface area contributed by atoms with Gasteiger partial charge in [0.15, 0.2) is 0 Å². The van der Waals surface area contributed by atoms with Crippen molar-refractivity contribution in [2.75, 3.05) is 0 Å². The Bertz CT molecular complexity index is 533. The Labute approximate surface area is 112 Å². The third-order valence-corrected chi connectivity index (χ3v) is 2.98. The molecule has 0 aliphatic heterocycles. The second-order valence-electron chi connectivity index (χ2n) is 4.26. The van der Waals surface area contributed by atoms with Crippen molar-refractivity contribution in [1.82, 2.24) is 0 Å². The summed E-state index contributed by atoms with van der Waals surface area (Å²) in [4.78, 5) is 0. The molecule has 0 spiro atoms. The van der Waals surface area contributed by atoms with Gasteiger partial charge in [0.05, 0.1) is 6.10 Å². The van der Waals surface area contributed by atoms with Crippen LogP contribution >= 0.6 is 11.6 Å². The zero-order chi connectivity index (χ0) is 13.1. The van der Waals surface area contributed by atoms with Crippen LogP contribution in [0.3, 0.4) is 0 Å². The maximum Gasteiger partial charge on any atom is 0.131 e. The van der Waals surface area contributed by atoms with Gasteiger partial charge in [-0.05, 0) is 49.2 Å². The maximum atomic E-state index is 9.43. The molecule has 0 saturated heterocycles. The van der Waals surface area contributed by atoms with E-state index in [0.29, 0.717) is 5.02 Å². The quantitative estimate of drug-likeness (QED) is 0.883. The predicted octanol–water partition coefficient (Wildman–Crippen LogP) is 4.49. The van der Waals surface area contributed by atoms with E-state index in [4.69, 9.17) is 16.3 Å². The number of benzene rings is 2. The molecule has 1 N–H and O–H groups in total. The van der Waals surface area contributed by atoms with Crippen LogP contribution in [-0.4, -0.2) is 5.11 Å². The molecule has 0 heterocycles. The van der Waals surface area contributed by atoms with Crippen molar-refractivity contribution in [3.05, 3.63) is 58.6 Å². The van der Waals surface area contributed by atoms with Crippen molar-refractivity contribution in [2.45, 2.75) is 20.0 Å². The van der Waals surface area contributed by atoms with Crippen LogP contribution in [0.25, 0.3) is 0 Å². The highest BCUT2D eigenvalue weighted by Gasteiger charge is 2.04. The van der Waals surface area contributed by atoms with Crippen molar-refractivity contribution >= 4 is 11.6 Å². The van der Waals surface area contributed by atoms with Crippen LogP contribution in [-0.2, 0) is 0 Å². The monoisotopic (exact) mass is 262 g/mol. The van der Waals surface area contributed by atoms with E-state index in [9.17, 15) is 5.11 Å². The van der Waals surface area contributed by atoms with Crippen molar-refractivity contribution in [2.24, 2.45) is 0 Å². The first-order valence-electron chi connectivity index (χ1n) is 5.78. The van der Waals surface area contributed by atoms with Gasteiger partial charge in [0.25, 0.3) is 0 Å². The van der Waals surface area contributed by atoms with Crippen molar-refractivity contribution < 1.29 is 9.84 Å². The second kappa shape index (κ2) is 5.42. The number of rotatable bonds is 3. The van der Waals surface area contributed by atoms with Gasteiger partial charge in [-0.2, -0.15) is 0 Å². The summed E-state index contributed by atoms with van der Waals surface area (Å²) in [7, 11) is 0. The smallest absolute Gasteiger partial charge is 0.131 e. The van der Waals surface area contributed by atoms with Crippen LogP contribution in [0.5, 0.6) is 11.5 Å². The SMILES string of the molecule is Cc1ccc(Cl)cc1Oc1ccc([C@@H](C)O)cc1. The minimum Gasteiger partial charge on any atom is -0.457 e. The fraction of sp³-hybridized carbons (Fsp3) is 0.200. The lowest BCUT2D eigenvalue weighted by Crippen LogP contribution is -1.91. The molecule has 2 rings (SSSR count). The molecule has 3 heteroatoms. The van der Waals surface area contributed by atoms with E-state index in [1.807, 2.05) is 43.3 Å². The lowest BCUT2D eigenvalue weighted by molar-refractivity contribution is 0.199. The number of hydrogen-bond acceptors (Lipinski definition) is 2. The molecule has 1 atom stereocenters. The van der Waals surface area contributed by atoms with Gasteiger partial charge in [-0.25, -0.2) is 0 Å². The first-order valence-corrected chi connectivity index (χ1v) is 6.16. The largest absolute Gasteiger partial charge is 0.457 e. The standard InChI is InChI=1S/C15H15ClO2/c1-10-3-6-13(16)9-15(10)18-14-7-4-12(5-8-14)11(2)17/h3-9,11,17H,1-2H3/t11-/m1/s1. The molecular formula is C15H15ClO2. The molecule has 0 radical (unpaired) electrons. The van der Waals surface area contributed by atoms with Crippen LogP contribution in [0.4, 0.5) is 0 Å². The lowest BCUT2D eigenvalue weighted by Gasteiger charge is -2.10.